The Morgan fingerprint density at radius 2 is 1.85 bits per heavy atom. The molecule has 1 aromatic rings. The van der Waals surface area contributed by atoms with E-state index in [1.54, 1.807) is 13.8 Å². The fraction of sp³-hybridized carbons (Fsp3) is 0.467. The SMILES string of the molecule is CC(C)[C@@H](NC(=O)C(N)CCc1ccccc1)C(=O)O. The molecule has 0 radical (unpaired) electrons. The quantitative estimate of drug-likeness (QED) is 0.698. The van der Waals surface area contributed by atoms with E-state index in [2.05, 4.69) is 5.32 Å². The second-order valence-electron chi connectivity index (χ2n) is 5.20. The summed E-state index contributed by atoms with van der Waals surface area (Å²) in [5.41, 5.74) is 6.91. The molecule has 2 atom stereocenters. The van der Waals surface area contributed by atoms with Crippen molar-refractivity contribution in [2.24, 2.45) is 11.7 Å². The van der Waals surface area contributed by atoms with Gasteiger partial charge in [0, 0.05) is 0 Å². The van der Waals surface area contributed by atoms with Crippen LogP contribution in [0.25, 0.3) is 0 Å². The van der Waals surface area contributed by atoms with Gasteiger partial charge in [-0.25, -0.2) is 4.79 Å². The smallest absolute Gasteiger partial charge is 0.326 e. The first-order chi connectivity index (χ1) is 9.41. The van der Waals surface area contributed by atoms with Gasteiger partial charge in [0.15, 0.2) is 0 Å². The molecule has 0 aliphatic carbocycles. The Hall–Kier alpha value is -1.88. The highest BCUT2D eigenvalue weighted by molar-refractivity contribution is 5.86. The van der Waals surface area contributed by atoms with Crippen LogP contribution in [0.2, 0.25) is 0 Å². The largest absolute Gasteiger partial charge is 0.480 e. The molecule has 1 amide bonds. The summed E-state index contributed by atoms with van der Waals surface area (Å²) in [6.45, 7) is 3.49. The van der Waals surface area contributed by atoms with E-state index in [-0.39, 0.29) is 5.92 Å². The van der Waals surface area contributed by atoms with Crippen molar-refractivity contribution in [3.63, 3.8) is 0 Å². The summed E-state index contributed by atoms with van der Waals surface area (Å²) in [4.78, 5) is 22.9. The van der Waals surface area contributed by atoms with Gasteiger partial charge in [0.1, 0.15) is 6.04 Å². The zero-order valence-corrected chi connectivity index (χ0v) is 11.9. The van der Waals surface area contributed by atoms with Crippen LogP contribution in [-0.4, -0.2) is 29.1 Å². The normalized spacial score (nSPS) is 13.8. The third kappa shape index (κ3) is 5.01. The number of amides is 1. The van der Waals surface area contributed by atoms with Crippen LogP contribution in [0.15, 0.2) is 30.3 Å². The van der Waals surface area contributed by atoms with Gasteiger partial charge in [-0.3, -0.25) is 4.79 Å². The van der Waals surface area contributed by atoms with E-state index in [0.717, 1.165) is 5.56 Å². The lowest BCUT2D eigenvalue weighted by Crippen LogP contribution is -2.50. The van der Waals surface area contributed by atoms with E-state index in [0.29, 0.717) is 12.8 Å². The van der Waals surface area contributed by atoms with Crippen molar-refractivity contribution in [3.05, 3.63) is 35.9 Å². The number of nitrogens with two attached hydrogens (primary N) is 1. The van der Waals surface area contributed by atoms with E-state index in [1.165, 1.54) is 0 Å². The van der Waals surface area contributed by atoms with E-state index < -0.39 is 24.0 Å². The minimum absolute atomic E-state index is 0.183. The molecule has 0 spiro atoms. The number of aliphatic carboxylic acids is 1. The van der Waals surface area contributed by atoms with Crippen LogP contribution in [-0.2, 0) is 16.0 Å². The molecular formula is C15H22N2O3. The number of carbonyl (C=O) groups is 2. The highest BCUT2D eigenvalue weighted by Crippen LogP contribution is 2.06. The molecule has 0 saturated heterocycles. The van der Waals surface area contributed by atoms with Gasteiger partial charge in [0.25, 0.3) is 0 Å². The zero-order chi connectivity index (χ0) is 15.1. The molecule has 0 heterocycles. The van der Waals surface area contributed by atoms with Crippen LogP contribution in [0, 0.1) is 5.92 Å². The molecule has 0 fully saturated rings. The van der Waals surface area contributed by atoms with Crippen LogP contribution < -0.4 is 11.1 Å². The molecule has 0 aliphatic heterocycles. The van der Waals surface area contributed by atoms with Gasteiger partial charge in [-0.2, -0.15) is 0 Å². The first-order valence-corrected chi connectivity index (χ1v) is 6.74. The van der Waals surface area contributed by atoms with Crippen molar-refractivity contribution in [2.45, 2.75) is 38.8 Å². The number of hydrogen-bond donors (Lipinski definition) is 3. The lowest BCUT2D eigenvalue weighted by molar-refractivity contribution is -0.143. The monoisotopic (exact) mass is 278 g/mol. The highest BCUT2D eigenvalue weighted by atomic mass is 16.4. The molecule has 0 aromatic heterocycles. The van der Waals surface area contributed by atoms with Crippen molar-refractivity contribution in [1.29, 1.82) is 0 Å². The number of carboxylic acids is 1. The Balaban J connectivity index is 2.48. The third-order valence-corrected chi connectivity index (χ3v) is 3.15. The van der Waals surface area contributed by atoms with Gasteiger partial charge in [0.05, 0.1) is 6.04 Å². The second-order valence-corrected chi connectivity index (χ2v) is 5.20. The minimum Gasteiger partial charge on any atom is -0.480 e. The van der Waals surface area contributed by atoms with E-state index in [4.69, 9.17) is 10.8 Å². The standard InChI is InChI=1S/C15H22N2O3/c1-10(2)13(15(19)20)17-14(18)12(16)9-8-11-6-4-3-5-7-11/h3-7,10,12-13H,8-9,16H2,1-2H3,(H,17,18)(H,19,20)/t12?,13-/m1/s1. The number of nitrogens with one attached hydrogen (secondary N) is 1. The maximum atomic E-state index is 11.9. The van der Waals surface area contributed by atoms with Crippen molar-refractivity contribution in [3.8, 4) is 0 Å². The van der Waals surface area contributed by atoms with Gasteiger partial charge in [-0.15, -0.1) is 0 Å². The number of benzene rings is 1. The van der Waals surface area contributed by atoms with Gasteiger partial charge in [-0.05, 0) is 24.3 Å². The fourth-order valence-corrected chi connectivity index (χ4v) is 1.87. The van der Waals surface area contributed by atoms with Crippen LogP contribution >= 0.6 is 0 Å². The number of carbonyl (C=O) groups excluding carboxylic acids is 1. The van der Waals surface area contributed by atoms with Crippen LogP contribution in [0.3, 0.4) is 0 Å². The van der Waals surface area contributed by atoms with Crippen LogP contribution in [0.5, 0.6) is 0 Å². The highest BCUT2D eigenvalue weighted by Gasteiger charge is 2.25. The zero-order valence-electron chi connectivity index (χ0n) is 11.9. The summed E-state index contributed by atoms with van der Waals surface area (Å²) in [6.07, 6.45) is 1.18. The molecule has 4 N–H and O–H groups in total. The maximum Gasteiger partial charge on any atom is 0.326 e. The van der Waals surface area contributed by atoms with E-state index >= 15 is 0 Å². The molecular weight excluding hydrogens is 256 g/mol. The summed E-state index contributed by atoms with van der Waals surface area (Å²) in [6, 6.07) is 8.13. The number of carboxylic acid groups (broad SMARTS) is 1. The number of rotatable bonds is 7. The summed E-state index contributed by atoms with van der Waals surface area (Å²) < 4.78 is 0. The first-order valence-electron chi connectivity index (χ1n) is 6.74. The fourth-order valence-electron chi connectivity index (χ4n) is 1.87. The molecule has 1 rings (SSSR count). The predicted molar refractivity (Wildman–Crippen MR) is 77.1 cm³/mol. The van der Waals surface area contributed by atoms with E-state index in [9.17, 15) is 9.59 Å². The van der Waals surface area contributed by atoms with Crippen molar-refractivity contribution in [1.82, 2.24) is 5.32 Å². The summed E-state index contributed by atoms with van der Waals surface area (Å²) in [5.74, 6) is -1.64. The van der Waals surface area contributed by atoms with Gasteiger partial charge in [-0.1, -0.05) is 44.2 Å². The Morgan fingerprint density at radius 1 is 1.25 bits per heavy atom. The molecule has 110 valence electrons. The Bertz CT molecular complexity index is 446. The van der Waals surface area contributed by atoms with Gasteiger partial charge in [0.2, 0.25) is 5.91 Å². The molecule has 5 heteroatoms. The van der Waals surface area contributed by atoms with Crippen molar-refractivity contribution in [2.75, 3.05) is 0 Å². The molecule has 20 heavy (non-hydrogen) atoms. The number of hydrogen-bond acceptors (Lipinski definition) is 3. The molecule has 0 bridgehead atoms. The lowest BCUT2D eigenvalue weighted by atomic mass is 10.0. The third-order valence-electron chi connectivity index (χ3n) is 3.15. The Morgan fingerprint density at radius 3 is 2.35 bits per heavy atom. The Labute approximate surface area is 119 Å². The molecule has 0 saturated carbocycles. The number of aryl methyl sites for hydroxylation is 1. The first kappa shape index (κ1) is 16.2. The summed E-state index contributed by atoms with van der Waals surface area (Å²) >= 11 is 0. The molecule has 5 nitrogen and oxygen atoms in total. The molecule has 1 unspecified atom stereocenters. The summed E-state index contributed by atoms with van der Waals surface area (Å²) in [5, 5.41) is 11.5. The maximum absolute atomic E-state index is 11.9. The Kier molecular flexibility index (Phi) is 6.18. The molecule has 1 aromatic carbocycles. The van der Waals surface area contributed by atoms with Crippen molar-refractivity contribution >= 4 is 11.9 Å². The van der Waals surface area contributed by atoms with E-state index in [1.807, 2.05) is 30.3 Å². The average molecular weight is 278 g/mol. The lowest BCUT2D eigenvalue weighted by Gasteiger charge is -2.20. The van der Waals surface area contributed by atoms with Crippen LogP contribution in [0.1, 0.15) is 25.8 Å². The van der Waals surface area contributed by atoms with Crippen LogP contribution in [0.4, 0.5) is 0 Å². The predicted octanol–water partition coefficient (Wildman–Crippen LogP) is 1.17. The molecule has 0 aliphatic rings. The second kappa shape index (κ2) is 7.65. The summed E-state index contributed by atoms with van der Waals surface area (Å²) in [7, 11) is 0. The van der Waals surface area contributed by atoms with Gasteiger partial charge < -0.3 is 16.2 Å². The van der Waals surface area contributed by atoms with Gasteiger partial charge >= 0.3 is 5.97 Å². The average Bonchev–Trinajstić information content (AvgIpc) is 2.42. The van der Waals surface area contributed by atoms with Crippen molar-refractivity contribution < 1.29 is 14.7 Å². The minimum atomic E-state index is -1.04. The topological polar surface area (TPSA) is 92.4 Å².